The number of carbonyl (C=O) groups excluding carboxylic acids is 2. The third-order valence-electron chi connectivity index (χ3n) is 5.13. The van der Waals surface area contributed by atoms with Crippen molar-refractivity contribution in [3.8, 4) is 5.75 Å². The highest BCUT2D eigenvalue weighted by atomic mass is 32.2. The minimum absolute atomic E-state index is 0.164. The monoisotopic (exact) mass is 461 g/mol. The van der Waals surface area contributed by atoms with Crippen molar-refractivity contribution >= 4 is 27.5 Å². The summed E-state index contributed by atoms with van der Waals surface area (Å²) in [6.07, 6.45) is 1.04. The van der Waals surface area contributed by atoms with E-state index >= 15 is 0 Å². The average Bonchev–Trinajstić information content (AvgIpc) is 2.73. The SMILES string of the molecule is CNC(=O)C(C)N(Cc1cccc(C)c1)C(=O)CN(c1cc(C)ccc1OC)S(C)(=O)=O. The number of anilines is 1. The number of nitrogens with one attached hydrogen (secondary N) is 1. The van der Waals surface area contributed by atoms with E-state index in [0.717, 1.165) is 27.3 Å². The predicted molar refractivity (Wildman–Crippen MR) is 125 cm³/mol. The summed E-state index contributed by atoms with van der Waals surface area (Å²) in [7, 11) is -0.888. The summed E-state index contributed by atoms with van der Waals surface area (Å²) >= 11 is 0. The molecule has 1 N–H and O–H groups in total. The number of nitrogens with zero attached hydrogens (tertiary/aromatic N) is 2. The van der Waals surface area contributed by atoms with E-state index < -0.39 is 28.5 Å². The zero-order valence-corrected chi connectivity index (χ0v) is 20.2. The van der Waals surface area contributed by atoms with Gasteiger partial charge in [0.15, 0.2) is 0 Å². The summed E-state index contributed by atoms with van der Waals surface area (Å²) in [5, 5.41) is 2.55. The number of sulfonamides is 1. The average molecular weight is 462 g/mol. The smallest absolute Gasteiger partial charge is 0.244 e. The molecule has 0 aromatic heterocycles. The topological polar surface area (TPSA) is 96.0 Å². The molecule has 0 bridgehead atoms. The van der Waals surface area contributed by atoms with Gasteiger partial charge in [-0.05, 0) is 44.0 Å². The van der Waals surface area contributed by atoms with Crippen LogP contribution < -0.4 is 14.4 Å². The molecule has 0 aliphatic carbocycles. The molecule has 0 aliphatic heterocycles. The predicted octanol–water partition coefficient (Wildman–Crippen LogP) is 2.24. The van der Waals surface area contributed by atoms with Gasteiger partial charge in [-0.1, -0.05) is 35.9 Å². The van der Waals surface area contributed by atoms with Crippen molar-refractivity contribution < 1.29 is 22.7 Å². The van der Waals surface area contributed by atoms with E-state index in [9.17, 15) is 18.0 Å². The molecule has 1 unspecified atom stereocenters. The number of ether oxygens (including phenoxy) is 1. The molecule has 1 atom stereocenters. The maximum atomic E-state index is 13.4. The van der Waals surface area contributed by atoms with E-state index in [-0.39, 0.29) is 18.1 Å². The van der Waals surface area contributed by atoms with Crippen molar-refractivity contribution in [3.63, 3.8) is 0 Å². The third-order valence-corrected chi connectivity index (χ3v) is 6.26. The fourth-order valence-electron chi connectivity index (χ4n) is 3.39. The zero-order chi connectivity index (χ0) is 24.1. The van der Waals surface area contributed by atoms with Gasteiger partial charge in [-0.2, -0.15) is 0 Å². The second kappa shape index (κ2) is 10.5. The maximum absolute atomic E-state index is 13.4. The van der Waals surface area contributed by atoms with Crippen LogP contribution in [0.4, 0.5) is 5.69 Å². The van der Waals surface area contributed by atoms with E-state index in [1.54, 1.807) is 25.1 Å². The standard InChI is InChI=1S/C23H31N3O5S/c1-16-8-7-9-19(12-16)14-25(18(3)23(28)24-4)22(27)15-26(32(6,29)30)20-13-17(2)10-11-21(20)31-5/h7-13,18H,14-15H2,1-6H3,(H,24,28). The van der Waals surface area contributed by atoms with Crippen LogP contribution in [0.5, 0.6) is 5.75 Å². The molecular weight excluding hydrogens is 430 g/mol. The van der Waals surface area contributed by atoms with Crippen molar-refractivity contribution in [2.75, 3.05) is 31.3 Å². The molecule has 0 spiro atoms. The summed E-state index contributed by atoms with van der Waals surface area (Å²) in [6, 6.07) is 11.9. The molecule has 2 amide bonds. The Bertz CT molecular complexity index is 1080. The fourth-order valence-corrected chi connectivity index (χ4v) is 4.23. The van der Waals surface area contributed by atoms with Crippen LogP contribution in [0.3, 0.4) is 0 Å². The highest BCUT2D eigenvalue weighted by Crippen LogP contribution is 2.31. The number of benzene rings is 2. The summed E-state index contributed by atoms with van der Waals surface area (Å²) in [5.41, 5.74) is 2.95. The number of rotatable bonds is 9. The summed E-state index contributed by atoms with van der Waals surface area (Å²) < 4.78 is 31.7. The first-order valence-corrected chi connectivity index (χ1v) is 12.0. The largest absolute Gasteiger partial charge is 0.495 e. The number of hydrogen-bond acceptors (Lipinski definition) is 5. The number of hydrogen-bond donors (Lipinski definition) is 1. The second-order valence-electron chi connectivity index (χ2n) is 7.75. The number of likely N-dealkylation sites (N-methyl/N-ethyl adjacent to an activating group) is 1. The Balaban J connectivity index is 2.46. The van der Waals surface area contributed by atoms with Crippen LogP contribution in [0.15, 0.2) is 42.5 Å². The Morgan fingerprint density at radius 2 is 1.75 bits per heavy atom. The highest BCUT2D eigenvalue weighted by molar-refractivity contribution is 7.92. The first-order chi connectivity index (χ1) is 15.0. The van der Waals surface area contributed by atoms with E-state index in [2.05, 4.69) is 5.32 Å². The lowest BCUT2D eigenvalue weighted by Gasteiger charge is -2.31. The Morgan fingerprint density at radius 1 is 1.09 bits per heavy atom. The highest BCUT2D eigenvalue weighted by Gasteiger charge is 2.30. The second-order valence-corrected chi connectivity index (χ2v) is 9.65. The van der Waals surface area contributed by atoms with Crippen LogP contribution in [-0.2, 0) is 26.2 Å². The fraction of sp³-hybridized carbons (Fsp3) is 0.391. The Morgan fingerprint density at radius 3 is 2.31 bits per heavy atom. The number of amides is 2. The van der Waals surface area contributed by atoms with Gasteiger partial charge < -0.3 is 15.0 Å². The van der Waals surface area contributed by atoms with E-state index in [4.69, 9.17) is 4.74 Å². The molecule has 2 aromatic carbocycles. The van der Waals surface area contributed by atoms with E-state index in [1.165, 1.54) is 19.1 Å². The van der Waals surface area contributed by atoms with Gasteiger partial charge in [0.2, 0.25) is 21.8 Å². The molecule has 0 saturated heterocycles. The molecule has 0 aliphatic rings. The number of aryl methyl sites for hydroxylation is 2. The van der Waals surface area contributed by atoms with Gasteiger partial charge in [-0.3, -0.25) is 13.9 Å². The van der Waals surface area contributed by atoms with Crippen LogP contribution in [0, 0.1) is 13.8 Å². The lowest BCUT2D eigenvalue weighted by atomic mass is 10.1. The molecule has 2 aromatic rings. The maximum Gasteiger partial charge on any atom is 0.244 e. The van der Waals surface area contributed by atoms with Crippen LogP contribution >= 0.6 is 0 Å². The number of carbonyl (C=O) groups is 2. The Kier molecular flexibility index (Phi) is 8.26. The van der Waals surface area contributed by atoms with Crippen LogP contribution in [-0.4, -0.2) is 58.1 Å². The minimum atomic E-state index is -3.82. The van der Waals surface area contributed by atoms with E-state index in [1.807, 2.05) is 38.1 Å². The molecule has 0 radical (unpaired) electrons. The van der Waals surface area contributed by atoms with Crippen LogP contribution in [0.2, 0.25) is 0 Å². The molecule has 9 heteroatoms. The molecule has 0 fully saturated rings. The molecule has 8 nitrogen and oxygen atoms in total. The van der Waals surface area contributed by atoms with Crippen molar-refractivity contribution in [2.24, 2.45) is 0 Å². The first-order valence-electron chi connectivity index (χ1n) is 10.2. The number of methoxy groups -OCH3 is 1. The van der Waals surface area contributed by atoms with Crippen molar-refractivity contribution in [1.29, 1.82) is 0 Å². The molecule has 32 heavy (non-hydrogen) atoms. The molecule has 0 heterocycles. The van der Waals surface area contributed by atoms with Crippen molar-refractivity contribution in [2.45, 2.75) is 33.4 Å². The molecular formula is C23H31N3O5S. The van der Waals surface area contributed by atoms with Crippen molar-refractivity contribution in [1.82, 2.24) is 10.2 Å². The van der Waals surface area contributed by atoms with Gasteiger partial charge in [0.1, 0.15) is 18.3 Å². The molecule has 2 rings (SSSR count). The summed E-state index contributed by atoms with van der Waals surface area (Å²) in [6.45, 7) is 5.07. The summed E-state index contributed by atoms with van der Waals surface area (Å²) in [4.78, 5) is 27.1. The van der Waals surface area contributed by atoms with Crippen LogP contribution in [0.1, 0.15) is 23.6 Å². The van der Waals surface area contributed by atoms with E-state index in [0.29, 0.717) is 5.75 Å². The van der Waals surface area contributed by atoms with Gasteiger partial charge in [0.25, 0.3) is 0 Å². The normalized spacial score (nSPS) is 12.1. The zero-order valence-electron chi connectivity index (χ0n) is 19.4. The first kappa shape index (κ1) is 25.2. The van der Waals surface area contributed by atoms with Gasteiger partial charge >= 0.3 is 0 Å². The Hall–Kier alpha value is -3.07. The molecule has 0 saturated carbocycles. The lowest BCUT2D eigenvalue weighted by Crippen LogP contribution is -2.50. The Labute approximate surface area is 190 Å². The van der Waals surface area contributed by atoms with Gasteiger partial charge in [0.05, 0.1) is 19.1 Å². The lowest BCUT2D eigenvalue weighted by molar-refractivity contribution is -0.139. The summed E-state index contributed by atoms with van der Waals surface area (Å²) in [5.74, 6) is -0.514. The minimum Gasteiger partial charge on any atom is -0.495 e. The third kappa shape index (κ3) is 6.23. The quantitative estimate of drug-likeness (QED) is 0.618. The van der Waals surface area contributed by atoms with Gasteiger partial charge in [-0.25, -0.2) is 8.42 Å². The van der Waals surface area contributed by atoms with Crippen molar-refractivity contribution in [3.05, 3.63) is 59.2 Å². The van der Waals surface area contributed by atoms with Crippen LogP contribution in [0.25, 0.3) is 0 Å². The van der Waals surface area contributed by atoms with Gasteiger partial charge in [-0.15, -0.1) is 0 Å². The van der Waals surface area contributed by atoms with Gasteiger partial charge in [0, 0.05) is 13.6 Å². The molecule has 174 valence electrons.